The number of methoxy groups -OCH3 is 1. The molecule has 1 fully saturated rings. The molecule has 0 radical (unpaired) electrons. The van der Waals surface area contributed by atoms with Gasteiger partial charge >= 0.3 is 0 Å². The quantitative estimate of drug-likeness (QED) is 0.139. The fourth-order valence-corrected chi connectivity index (χ4v) is 5.53. The van der Waals surface area contributed by atoms with Gasteiger partial charge in [0, 0.05) is 37.5 Å². The molecule has 9 nitrogen and oxygen atoms in total. The summed E-state index contributed by atoms with van der Waals surface area (Å²) in [5.41, 5.74) is 2.15. The Labute approximate surface area is 240 Å². The molecule has 2 aromatic carbocycles. The summed E-state index contributed by atoms with van der Waals surface area (Å²) in [5, 5.41) is 11.5. The summed E-state index contributed by atoms with van der Waals surface area (Å²) in [6.45, 7) is 5.64. The van der Waals surface area contributed by atoms with E-state index in [0.717, 1.165) is 30.6 Å². The zero-order valence-electron chi connectivity index (χ0n) is 23.8. The summed E-state index contributed by atoms with van der Waals surface area (Å²) in [5.74, 6) is 0.318. The van der Waals surface area contributed by atoms with E-state index < -0.39 is 17.7 Å². The van der Waals surface area contributed by atoms with Crippen molar-refractivity contribution in [3.8, 4) is 17.2 Å². The van der Waals surface area contributed by atoms with Crippen molar-refractivity contribution in [2.75, 3.05) is 20.3 Å². The van der Waals surface area contributed by atoms with Gasteiger partial charge in [-0.05, 0) is 61.2 Å². The molecule has 9 heteroatoms. The third kappa shape index (κ3) is 5.94. The number of aromatic nitrogens is 2. The summed E-state index contributed by atoms with van der Waals surface area (Å²) >= 11 is 0. The van der Waals surface area contributed by atoms with E-state index in [1.54, 1.807) is 48.8 Å². The average molecular weight is 560 g/mol. The minimum absolute atomic E-state index is 0.0404. The maximum Gasteiger partial charge on any atom is 0.295 e. The van der Waals surface area contributed by atoms with E-state index in [4.69, 9.17) is 14.2 Å². The topological polar surface area (TPSA) is 103 Å². The van der Waals surface area contributed by atoms with Crippen molar-refractivity contribution in [3.63, 3.8) is 0 Å². The molecule has 216 valence electrons. The van der Waals surface area contributed by atoms with Crippen molar-refractivity contribution in [3.05, 3.63) is 77.4 Å². The minimum atomic E-state index is -0.788. The van der Waals surface area contributed by atoms with E-state index in [2.05, 4.69) is 11.9 Å². The predicted molar refractivity (Wildman–Crippen MR) is 154 cm³/mol. The summed E-state index contributed by atoms with van der Waals surface area (Å²) < 4.78 is 19.3. The molecule has 2 aliphatic heterocycles. The molecule has 2 atom stereocenters. The van der Waals surface area contributed by atoms with E-state index in [1.807, 2.05) is 29.8 Å². The number of hydrogen-bond acceptors (Lipinski definition) is 7. The number of ketones is 1. The molecule has 0 aliphatic carbocycles. The molecule has 2 aliphatic rings. The summed E-state index contributed by atoms with van der Waals surface area (Å²) in [6.07, 6.45) is 9.72. The number of aliphatic hydroxyl groups is 1. The first-order chi connectivity index (χ1) is 19.9. The molecular formula is C32H37N3O6. The van der Waals surface area contributed by atoms with Crippen molar-refractivity contribution in [2.24, 2.45) is 0 Å². The number of carbonyl (C=O) groups is 2. The van der Waals surface area contributed by atoms with Crippen LogP contribution in [0.5, 0.6) is 17.2 Å². The number of nitrogens with zero attached hydrogens (tertiary/aromatic N) is 3. The summed E-state index contributed by atoms with van der Waals surface area (Å²) in [4.78, 5) is 32.5. The molecule has 5 rings (SSSR count). The molecule has 0 unspecified atom stereocenters. The Bertz CT molecular complexity index is 1430. The Morgan fingerprint density at radius 2 is 1.95 bits per heavy atom. The Balaban J connectivity index is 1.51. The fourth-order valence-electron chi connectivity index (χ4n) is 5.53. The molecule has 0 saturated carbocycles. The highest BCUT2D eigenvalue weighted by Crippen LogP contribution is 2.43. The van der Waals surface area contributed by atoms with E-state index in [1.165, 1.54) is 0 Å². The lowest BCUT2D eigenvalue weighted by Gasteiger charge is -2.26. The van der Waals surface area contributed by atoms with Crippen LogP contribution in [0.15, 0.2) is 60.7 Å². The highest BCUT2D eigenvalue weighted by Gasteiger charge is 2.46. The van der Waals surface area contributed by atoms with Gasteiger partial charge in [-0.3, -0.25) is 9.59 Å². The number of benzene rings is 2. The smallest absolute Gasteiger partial charge is 0.295 e. The molecule has 3 heterocycles. The summed E-state index contributed by atoms with van der Waals surface area (Å²) in [6, 6.07) is 10.0. The van der Waals surface area contributed by atoms with Gasteiger partial charge in [0.2, 0.25) is 0 Å². The number of amides is 1. The van der Waals surface area contributed by atoms with Crippen LogP contribution in [0.1, 0.15) is 62.3 Å². The number of likely N-dealkylation sites (tertiary alicyclic amines) is 1. The first-order valence-electron chi connectivity index (χ1n) is 14.3. The lowest BCUT2D eigenvalue weighted by molar-refractivity contribution is -0.139. The van der Waals surface area contributed by atoms with Crippen molar-refractivity contribution in [1.29, 1.82) is 0 Å². The molecule has 1 aromatic heterocycles. The Morgan fingerprint density at radius 1 is 1.10 bits per heavy atom. The van der Waals surface area contributed by atoms with Crippen LogP contribution in [0.2, 0.25) is 0 Å². The average Bonchev–Trinajstić information content (AvgIpc) is 3.69. The van der Waals surface area contributed by atoms with Crippen molar-refractivity contribution in [1.82, 2.24) is 14.5 Å². The van der Waals surface area contributed by atoms with E-state index in [-0.39, 0.29) is 17.4 Å². The van der Waals surface area contributed by atoms with Crippen LogP contribution in [0.4, 0.5) is 0 Å². The summed E-state index contributed by atoms with van der Waals surface area (Å²) in [7, 11) is 1.56. The number of carbonyl (C=O) groups excluding carboxylic acids is 2. The first kappa shape index (κ1) is 28.3. The third-order valence-corrected chi connectivity index (χ3v) is 7.59. The van der Waals surface area contributed by atoms with Crippen LogP contribution in [0, 0.1) is 0 Å². The lowest BCUT2D eigenvalue weighted by atomic mass is 9.94. The van der Waals surface area contributed by atoms with Crippen LogP contribution >= 0.6 is 0 Å². The third-order valence-electron chi connectivity index (χ3n) is 7.59. The van der Waals surface area contributed by atoms with Crippen molar-refractivity contribution in [2.45, 2.75) is 64.6 Å². The van der Waals surface area contributed by atoms with Gasteiger partial charge in [-0.1, -0.05) is 25.8 Å². The van der Waals surface area contributed by atoms with Crippen LogP contribution < -0.4 is 14.2 Å². The standard InChI is InChI=1S/C32H37N3O6/c1-4-5-6-16-40-26-11-8-22(19-27(26)39-3)29-28(30(36)23-9-10-25-24(18-23)17-21(2)41-25)31(37)32(38)35(29)14-7-13-34-15-12-33-20-34/h8-12,15,18-21,29,36H,4-7,13-14,16-17H2,1-3H3/t21-,29-/m1/s1. The zero-order chi connectivity index (χ0) is 28.9. The van der Waals surface area contributed by atoms with Crippen LogP contribution in [0.25, 0.3) is 5.76 Å². The van der Waals surface area contributed by atoms with Crippen LogP contribution in [0.3, 0.4) is 0 Å². The number of rotatable bonds is 12. The van der Waals surface area contributed by atoms with E-state index in [0.29, 0.717) is 55.2 Å². The van der Waals surface area contributed by atoms with Crippen LogP contribution in [-0.2, 0) is 22.6 Å². The molecule has 0 bridgehead atoms. The van der Waals surface area contributed by atoms with Gasteiger partial charge in [-0.25, -0.2) is 4.98 Å². The van der Waals surface area contributed by atoms with Gasteiger partial charge in [-0.2, -0.15) is 0 Å². The zero-order valence-corrected chi connectivity index (χ0v) is 23.8. The molecule has 1 N–H and O–H groups in total. The molecule has 3 aromatic rings. The molecule has 41 heavy (non-hydrogen) atoms. The Hall–Kier alpha value is -4.27. The van der Waals surface area contributed by atoms with Crippen LogP contribution in [-0.4, -0.2) is 57.6 Å². The highest BCUT2D eigenvalue weighted by atomic mass is 16.5. The lowest BCUT2D eigenvalue weighted by Crippen LogP contribution is -2.31. The number of hydrogen-bond donors (Lipinski definition) is 1. The number of ether oxygens (including phenoxy) is 3. The highest BCUT2D eigenvalue weighted by molar-refractivity contribution is 6.46. The van der Waals surface area contributed by atoms with Crippen molar-refractivity contribution < 1.29 is 28.9 Å². The number of aryl methyl sites for hydroxylation is 1. The molecule has 1 amide bonds. The minimum Gasteiger partial charge on any atom is -0.507 e. The van der Waals surface area contributed by atoms with Gasteiger partial charge in [0.05, 0.1) is 31.7 Å². The SMILES string of the molecule is CCCCCOc1ccc([C@@H]2C(=C(O)c3ccc4c(c3)C[C@@H](C)O4)C(=O)C(=O)N2CCCn2ccnc2)cc1OC. The molecule has 0 spiro atoms. The molecular weight excluding hydrogens is 522 g/mol. The second kappa shape index (κ2) is 12.5. The largest absolute Gasteiger partial charge is 0.507 e. The van der Waals surface area contributed by atoms with E-state index in [9.17, 15) is 14.7 Å². The van der Waals surface area contributed by atoms with E-state index >= 15 is 0 Å². The maximum atomic E-state index is 13.5. The van der Waals surface area contributed by atoms with Gasteiger partial charge < -0.3 is 28.8 Å². The van der Waals surface area contributed by atoms with Crippen molar-refractivity contribution >= 4 is 17.4 Å². The number of aliphatic hydroxyl groups excluding tert-OH is 1. The number of fused-ring (bicyclic) bond motifs is 1. The van der Waals surface area contributed by atoms with Gasteiger partial charge in [-0.15, -0.1) is 0 Å². The Kier molecular flexibility index (Phi) is 8.61. The first-order valence-corrected chi connectivity index (χ1v) is 14.3. The monoisotopic (exact) mass is 559 g/mol. The van der Waals surface area contributed by atoms with Gasteiger partial charge in [0.1, 0.15) is 17.6 Å². The fraction of sp³-hybridized carbons (Fsp3) is 0.406. The number of Topliss-reactive ketones (excluding diaryl/α,β-unsaturated/α-hetero) is 1. The normalized spacial score (nSPS) is 19.3. The predicted octanol–water partition coefficient (Wildman–Crippen LogP) is 5.30. The second-order valence-electron chi connectivity index (χ2n) is 10.6. The van der Waals surface area contributed by atoms with Gasteiger partial charge in [0.15, 0.2) is 11.5 Å². The second-order valence-corrected chi connectivity index (χ2v) is 10.6. The Morgan fingerprint density at radius 3 is 2.71 bits per heavy atom. The van der Waals surface area contributed by atoms with Gasteiger partial charge in [0.25, 0.3) is 11.7 Å². The maximum absolute atomic E-state index is 13.5. The number of unbranched alkanes of at least 4 members (excludes halogenated alkanes) is 2. The molecule has 1 saturated heterocycles. The number of imidazole rings is 1.